The van der Waals surface area contributed by atoms with Crippen molar-refractivity contribution in [3.8, 4) is 11.5 Å². The Morgan fingerprint density at radius 3 is 2.90 bits per heavy atom. The third kappa shape index (κ3) is 3.40. The number of carbonyl (C=O) groups excluding carboxylic acids is 2. The first-order chi connectivity index (χ1) is 9.60. The molecule has 6 heteroatoms. The summed E-state index contributed by atoms with van der Waals surface area (Å²) in [6.07, 6.45) is 0.330. The molecule has 0 radical (unpaired) electrons. The molecule has 2 N–H and O–H groups in total. The molecule has 0 aromatic heterocycles. The van der Waals surface area contributed by atoms with Crippen molar-refractivity contribution in [1.82, 2.24) is 10.2 Å². The van der Waals surface area contributed by atoms with Gasteiger partial charge in [0.25, 0.3) is 5.91 Å². The van der Waals surface area contributed by atoms with E-state index in [0.717, 1.165) is 0 Å². The number of likely N-dealkylation sites (tertiary alicyclic amines) is 1. The van der Waals surface area contributed by atoms with E-state index in [1.54, 1.807) is 23.1 Å². The minimum atomic E-state index is -0.302. The second-order valence-corrected chi connectivity index (χ2v) is 4.66. The fourth-order valence-electron chi connectivity index (χ4n) is 2.17. The number of hydrogen-bond acceptors (Lipinski definition) is 4. The normalized spacial score (nSPS) is 18.1. The molecule has 0 spiro atoms. The summed E-state index contributed by atoms with van der Waals surface area (Å²) < 4.78 is 5.23. The summed E-state index contributed by atoms with van der Waals surface area (Å²) in [5.74, 6) is 0.0114. The summed E-state index contributed by atoms with van der Waals surface area (Å²) in [6, 6.07) is 6.29. The number of nitrogens with one attached hydrogen (secondary N) is 1. The molecule has 1 fully saturated rings. The van der Waals surface area contributed by atoms with E-state index in [4.69, 9.17) is 4.74 Å². The van der Waals surface area contributed by atoms with E-state index in [1.807, 2.05) is 6.92 Å². The summed E-state index contributed by atoms with van der Waals surface area (Å²) in [6.45, 7) is 2.91. The molecular weight excluding hydrogens is 260 g/mol. The molecule has 1 aliphatic heterocycles. The number of hydrogen-bond donors (Lipinski definition) is 2. The second-order valence-electron chi connectivity index (χ2n) is 4.66. The quantitative estimate of drug-likeness (QED) is 0.822. The number of para-hydroxylation sites is 2. The van der Waals surface area contributed by atoms with Crippen LogP contribution >= 0.6 is 0 Å². The number of likely N-dealkylation sites (N-methyl/N-ethyl adjacent to an activating group) is 1. The van der Waals surface area contributed by atoms with Crippen LogP contribution in [0.1, 0.15) is 13.3 Å². The van der Waals surface area contributed by atoms with Crippen LogP contribution in [0, 0.1) is 0 Å². The van der Waals surface area contributed by atoms with Crippen molar-refractivity contribution in [2.75, 3.05) is 19.7 Å². The van der Waals surface area contributed by atoms with Gasteiger partial charge in [0.15, 0.2) is 18.1 Å². The summed E-state index contributed by atoms with van der Waals surface area (Å²) in [4.78, 5) is 25.0. The standard InChI is InChI=1S/C14H18N2O4/c1-2-16-8-10(7-14(16)19)15-13(18)9-20-12-6-4-3-5-11(12)17/h3-6,10,17H,2,7-9H2,1H3,(H,15,18). The molecular formula is C14H18N2O4. The fraction of sp³-hybridized carbons (Fsp3) is 0.429. The van der Waals surface area contributed by atoms with Crippen molar-refractivity contribution in [1.29, 1.82) is 0 Å². The molecule has 1 saturated heterocycles. The molecule has 1 unspecified atom stereocenters. The van der Waals surface area contributed by atoms with E-state index < -0.39 is 0 Å². The number of aromatic hydroxyl groups is 1. The molecule has 2 amide bonds. The average molecular weight is 278 g/mol. The van der Waals surface area contributed by atoms with E-state index in [0.29, 0.717) is 19.5 Å². The van der Waals surface area contributed by atoms with E-state index >= 15 is 0 Å². The van der Waals surface area contributed by atoms with E-state index in [1.165, 1.54) is 6.07 Å². The van der Waals surface area contributed by atoms with Crippen LogP contribution in [0.15, 0.2) is 24.3 Å². The van der Waals surface area contributed by atoms with Gasteiger partial charge < -0.3 is 20.1 Å². The van der Waals surface area contributed by atoms with E-state index in [9.17, 15) is 14.7 Å². The Morgan fingerprint density at radius 1 is 1.50 bits per heavy atom. The van der Waals surface area contributed by atoms with Gasteiger partial charge >= 0.3 is 0 Å². The fourth-order valence-corrected chi connectivity index (χ4v) is 2.17. The molecule has 0 saturated carbocycles. The maximum absolute atomic E-state index is 11.7. The van der Waals surface area contributed by atoms with Crippen molar-refractivity contribution in [3.05, 3.63) is 24.3 Å². The van der Waals surface area contributed by atoms with Gasteiger partial charge in [-0.15, -0.1) is 0 Å². The van der Waals surface area contributed by atoms with Crippen molar-refractivity contribution >= 4 is 11.8 Å². The van der Waals surface area contributed by atoms with Gasteiger partial charge in [-0.2, -0.15) is 0 Å². The lowest BCUT2D eigenvalue weighted by Gasteiger charge is -2.15. The second kappa shape index (κ2) is 6.27. The third-order valence-corrected chi connectivity index (χ3v) is 3.19. The first-order valence-corrected chi connectivity index (χ1v) is 6.58. The van der Waals surface area contributed by atoms with Crippen LogP contribution in [0.5, 0.6) is 11.5 Å². The number of benzene rings is 1. The summed E-state index contributed by atoms with van der Waals surface area (Å²) in [5.41, 5.74) is 0. The van der Waals surface area contributed by atoms with Crippen molar-refractivity contribution < 1.29 is 19.4 Å². The SMILES string of the molecule is CCN1CC(NC(=O)COc2ccccc2O)CC1=O. The Morgan fingerprint density at radius 2 is 2.25 bits per heavy atom. The van der Waals surface area contributed by atoms with Crippen LogP contribution in [0.3, 0.4) is 0 Å². The number of rotatable bonds is 5. The summed E-state index contributed by atoms with van der Waals surface area (Å²) in [5, 5.41) is 12.3. The Balaban J connectivity index is 1.79. The molecule has 1 aliphatic rings. The molecule has 108 valence electrons. The number of carbonyl (C=O) groups is 2. The zero-order valence-corrected chi connectivity index (χ0v) is 11.3. The number of nitrogens with zero attached hydrogens (tertiary/aromatic N) is 1. The highest BCUT2D eigenvalue weighted by atomic mass is 16.5. The van der Waals surface area contributed by atoms with Gasteiger partial charge in [0.05, 0.1) is 6.04 Å². The minimum absolute atomic E-state index is 0.00602. The van der Waals surface area contributed by atoms with Crippen LogP contribution in [0.25, 0.3) is 0 Å². The Labute approximate surface area is 117 Å². The first kappa shape index (κ1) is 14.2. The van der Waals surface area contributed by atoms with Gasteiger partial charge in [-0.1, -0.05) is 12.1 Å². The number of ether oxygens (including phenoxy) is 1. The Bertz CT molecular complexity index is 504. The van der Waals surface area contributed by atoms with Gasteiger partial charge in [-0.05, 0) is 19.1 Å². The van der Waals surface area contributed by atoms with E-state index in [-0.39, 0.29) is 36.0 Å². The lowest BCUT2D eigenvalue weighted by molar-refractivity contribution is -0.127. The monoisotopic (exact) mass is 278 g/mol. The molecule has 20 heavy (non-hydrogen) atoms. The minimum Gasteiger partial charge on any atom is -0.504 e. The molecule has 1 aromatic rings. The first-order valence-electron chi connectivity index (χ1n) is 6.58. The third-order valence-electron chi connectivity index (χ3n) is 3.19. The van der Waals surface area contributed by atoms with Crippen molar-refractivity contribution in [3.63, 3.8) is 0 Å². The van der Waals surface area contributed by atoms with Crippen LogP contribution in [0.4, 0.5) is 0 Å². The van der Waals surface area contributed by atoms with Crippen LogP contribution < -0.4 is 10.1 Å². The summed E-state index contributed by atoms with van der Waals surface area (Å²) in [7, 11) is 0. The molecule has 1 aromatic carbocycles. The number of phenolic OH excluding ortho intramolecular Hbond substituents is 1. The highest BCUT2D eigenvalue weighted by Gasteiger charge is 2.29. The lowest BCUT2D eigenvalue weighted by Crippen LogP contribution is -2.39. The average Bonchev–Trinajstić information content (AvgIpc) is 2.77. The summed E-state index contributed by atoms with van der Waals surface area (Å²) >= 11 is 0. The number of amides is 2. The Kier molecular flexibility index (Phi) is 4.45. The van der Waals surface area contributed by atoms with Crippen molar-refractivity contribution in [2.24, 2.45) is 0 Å². The predicted molar refractivity (Wildman–Crippen MR) is 72.4 cm³/mol. The van der Waals surface area contributed by atoms with Gasteiger partial charge in [-0.25, -0.2) is 0 Å². The number of phenols is 1. The molecule has 0 bridgehead atoms. The lowest BCUT2D eigenvalue weighted by atomic mass is 10.2. The molecule has 0 aliphatic carbocycles. The largest absolute Gasteiger partial charge is 0.504 e. The molecule has 2 rings (SSSR count). The topological polar surface area (TPSA) is 78.9 Å². The van der Waals surface area contributed by atoms with Gasteiger partial charge in [0.2, 0.25) is 5.91 Å². The smallest absolute Gasteiger partial charge is 0.258 e. The zero-order chi connectivity index (χ0) is 14.5. The highest BCUT2D eigenvalue weighted by molar-refractivity contribution is 5.82. The zero-order valence-electron chi connectivity index (χ0n) is 11.3. The van der Waals surface area contributed by atoms with Crippen LogP contribution in [-0.4, -0.2) is 47.6 Å². The maximum Gasteiger partial charge on any atom is 0.258 e. The molecule has 1 heterocycles. The molecule has 6 nitrogen and oxygen atoms in total. The predicted octanol–water partition coefficient (Wildman–Crippen LogP) is 0.508. The van der Waals surface area contributed by atoms with Gasteiger partial charge in [0, 0.05) is 19.5 Å². The van der Waals surface area contributed by atoms with Crippen molar-refractivity contribution in [2.45, 2.75) is 19.4 Å². The van der Waals surface area contributed by atoms with E-state index in [2.05, 4.69) is 5.32 Å². The van der Waals surface area contributed by atoms with Crippen LogP contribution in [-0.2, 0) is 9.59 Å². The maximum atomic E-state index is 11.7. The molecule has 1 atom stereocenters. The van der Waals surface area contributed by atoms with Gasteiger partial charge in [-0.3, -0.25) is 9.59 Å². The Hall–Kier alpha value is -2.24. The van der Waals surface area contributed by atoms with Gasteiger partial charge in [0.1, 0.15) is 0 Å². The highest BCUT2D eigenvalue weighted by Crippen LogP contribution is 2.24. The van der Waals surface area contributed by atoms with Crippen LogP contribution in [0.2, 0.25) is 0 Å².